The number of para-hydroxylation sites is 1. The van der Waals surface area contributed by atoms with Crippen molar-refractivity contribution in [2.45, 2.75) is 6.92 Å². The quantitative estimate of drug-likeness (QED) is 0.272. The molecule has 1 aliphatic heterocycles. The summed E-state index contributed by atoms with van der Waals surface area (Å²) in [6.45, 7) is 4.21. The fourth-order valence-corrected chi connectivity index (χ4v) is 5.12. The van der Waals surface area contributed by atoms with Crippen molar-refractivity contribution < 1.29 is 14.0 Å². The predicted molar refractivity (Wildman–Crippen MR) is 153 cm³/mol. The van der Waals surface area contributed by atoms with Gasteiger partial charge in [-0.3, -0.25) is 9.59 Å². The Hall–Kier alpha value is -3.45. The Balaban J connectivity index is 1.30. The average molecular weight is 569 g/mol. The maximum Gasteiger partial charge on any atom is 0.291 e. The third-order valence-corrected chi connectivity index (χ3v) is 7.59. The molecule has 0 radical (unpaired) electrons. The minimum absolute atomic E-state index is 0.00534. The van der Waals surface area contributed by atoms with Crippen molar-refractivity contribution in [3.8, 4) is 11.3 Å². The maximum absolute atomic E-state index is 13.1. The first-order chi connectivity index (χ1) is 18.3. The summed E-state index contributed by atoms with van der Waals surface area (Å²) >= 11 is 19.0. The van der Waals surface area contributed by atoms with Crippen LogP contribution in [-0.2, 0) is 0 Å². The molecule has 2 heterocycles. The molecule has 9 heteroatoms. The van der Waals surface area contributed by atoms with E-state index < -0.39 is 5.91 Å². The second kappa shape index (κ2) is 11.1. The lowest BCUT2D eigenvalue weighted by Gasteiger charge is -2.37. The molecule has 5 rings (SSSR count). The summed E-state index contributed by atoms with van der Waals surface area (Å²) in [5.74, 6) is 0.135. The predicted octanol–water partition coefficient (Wildman–Crippen LogP) is 7.43. The van der Waals surface area contributed by atoms with E-state index in [1.165, 1.54) is 0 Å². The Labute approximate surface area is 235 Å². The van der Waals surface area contributed by atoms with E-state index in [1.807, 2.05) is 36.1 Å². The van der Waals surface area contributed by atoms with Crippen LogP contribution in [0.15, 0.2) is 77.2 Å². The van der Waals surface area contributed by atoms with Crippen molar-refractivity contribution in [2.75, 3.05) is 36.4 Å². The van der Waals surface area contributed by atoms with Crippen molar-refractivity contribution in [3.05, 3.63) is 105 Å². The first-order valence-corrected chi connectivity index (χ1v) is 13.2. The second-order valence-corrected chi connectivity index (χ2v) is 10.2. The van der Waals surface area contributed by atoms with Crippen LogP contribution in [0.1, 0.15) is 26.5 Å². The zero-order valence-electron chi connectivity index (χ0n) is 20.5. The zero-order valence-corrected chi connectivity index (χ0v) is 22.8. The summed E-state index contributed by atoms with van der Waals surface area (Å²) in [5, 5.41) is 4.18. The summed E-state index contributed by atoms with van der Waals surface area (Å²) in [6, 6.07) is 21.4. The molecule has 0 spiro atoms. The van der Waals surface area contributed by atoms with E-state index in [0.717, 1.165) is 5.56 Å². The number of anilines is 2. The van der Waals surface area contributed by atoms with Gasteiger partial charge in [0.2, 0.25) is 0 Å². The molecule has 3 aromatic carbocycles. The minimum Gasteiger partial charge on any atom is -0.451 e. The summed E-state index contributed by atoms with van der Waals surface area (Å²) < 4.78 is 5.80. The molecular formula is C29H24Cl3N3O3. The van der Waals surface area contributed by atoms with Gasteiger partial charge in [0, 0.05) is 37.3 Å². The molecule has 6 nitrogen and oxygen atoms in total. The van der Waals surface area contributed by atoms with Crippen LogP contribution in [0.25, 0.3) is 11.3 Å². The molecule has 4 aromatic rings. The molecule has 0 bridgehead atoms. The van der Waals surface area contributed by atoms with Crippen LogP contribution in [0.4, 0.5) is 11.4 Å². The van der Waals surface area contributed by atoms with E-state index in [2.05, 4.69) is 10.2 Å². The van der Waals surface area contributed by atoms with Crippen LogP contribution in [0.2, 0.25) is 15.1 Å². The minimum atomic E-state index is -0.425. The van der Waals surface area contributed by atoms with E-state index in [4.69, 9.17) is 39.2 Å². The van der Waals surface area contributed by atoms with Gasteiger partial charge in [-0.2, -0.15) is 0 Å². The number of benzene rings is 3. The van der Waals surface area contributed by atoms with E-state index in [9.17, 15) is 9.59 Å². The lowest BCUT2D eigenvalue weighted by molar-refractivity contribution is 0.0746. The van der Waals surface area contributed by atoms with Crippen molar-refractivity contribution in [3.63, 3.8) is 0 Å². The summed E-state index contributed by atoms with van der Waals surface area (Å²) in [5.41, 5.74) is 3.64. The first kappa shape index (κ1) is 26.2. The van der Waals surface area contributed by atoms with Crippen LogP contribution >= 0.6 is 34.8 Å². The lowest BCUT2D eigenvalue weighted by atomic mass is 10.1. The number of hydrogen-bond acceptors (Lipinski definition) is 4. The third kappa shape index (κ3) is 5.39. The molecule has 194 valence electrons. The molecule has 1 aromatic heterocycles. The highest BCUT2D eigenvalue weighted by atomic mass is 35.5. The Morgan fingerprint density at radius 1 is 0.816 bits per heavy atom. The van der Waals surface area contributed by atoms with Gasteiger partial charge in [-0.1, -0.05) is 64.6 Å². The number of furan rings is 1. The van der Waals surface area contributed by atoms with Gasteiger partial charge in [-0.15, -0.1) is 0 Å². The number of halogens is 3. The molecule has 0 aliphatic carbocycles. The van der Waals surface area contributed by atoms with Gasteiger partial charge >= 0.3 is 0 Å². The van der Waals surface area contributed by atoms with Crippen molar-refractivity contribution in [2.24, 2.45) is 0 Å². The molecule has 1 saturated heterocycles. The number of aryl methyl sites for hydroxylation is 1. The second-order valence-electron chi connectivity index (χ2n) is 9.00. The number of nitrogens with one attached hydrogen (secondary N) is 1. The van der Waals surface area contributed by atoms with Crippen molar-refractivity contribution in [1.82, 2.24) is 4.90 Å². The molecule has 1 aliphatic rings. The fraction of sp³-hybridized carbons (Fsp3) is 0.172. The molecule has 2 amide bonds. The molecule has 0 atom stereocenters. The van der Waals surface area contributed by atoms with Crippen LogP contribution in [0, 0.1) is 6.92 Å². The SMILES string of the molecule is Cc1ccc(C(=O)N2CCN(c3c(Cl)cccc3NC(=O)c3ccc(-c4cccc(Cl)c4Cl)o3)CC2)cc1. The van der Waals surface area contributed by atoms with Gasteiger partial charge in [0.25, 0.3) is 11.8 Å². The maximum atomic E-state index is 13.1. The van der Waals surface area contributed by atoms with Gasteiger partial charge in [0.05, 0.1) is 26.4 Å². The Kier molecular flexibility index (Phi) is 7.65. The Bertz CT molecular complexity index is 1490. The smallest absolute Gasteiger partial charge is 0.291 e. The first-order valence-electron chi connectivity index (χ1n) is 12.1. The van der Waals surface area contributed by atoms with Gasteiger partial charge in [0.15, 0.2) is 5.76 Å². The van der Waals surface area contributed by atoms with Crippen LogP contribution < -0.4 is 10.2 Å². The van der Waals surface area contributed by atoms with Gasteiger partial charge in [0.1, 0.15) is 5.76 Å². The molecule has 1 N–H and O–H groups in total. The fourth-order valence-electron chi connectivity index (χ4n) is 4.43. The Morgan fingerprint density at radius 2 is 1.50 bits per heavy atom. The Morgan fingerprint density at radius 3 is 2.24 bits per heavy atom. The number of carbonyl (C=O) groups excluding carboxylic acids is 2. The topological polar surface area (TPSA) is 65.8 Å². The zero-order chi connectivity index (χ0) is 26.8. The van der Waals surface area contributed by atoms with Crippen LogP contribution in [0.5, 0.6) is 0 Å². The van der Waals surface area contributed by atoms with Crippen LogP contribution in [0.3, 0.4) is 0 Å². The number of carbonyl (C=O) groups is 2. The number of rotatable bonds is 5. The number of hydrogen-bond donors (Lipinski definition) is 1. The van der Waals surface area contributed by atoms with Crippen molar-refractivity contribution >= 4 is 58.0 Å². The van der Waals surface area contributed by atoms with Gasteiger partial charge in [-0.25, -0.2) is 0 Å². The molecular weight excluding hydrogens is 545 g/mol. The monoisotopic (exact) mass is 567 g/mol. The molecule has 0 unspecified atom stereocenters. The lowest BCUT2D eigenvalue weighted by Crippen LogP contribution is -2.49. The normalized spacial score (nSPS) is 13.5. The summed E-state index contributed by atoms with van der Waals surface area (Å²) in [4.78, 5) is 29.9. The van der Waals surface area contributed by atoms with E-state index in [-0.39, 0.29) is 11.7 Å². The molecule has 0 saturated carbocycles. The highest BCUT2D eigenvalue weighted by Crippen LogP contribution is 2.36. The average Bonchev–Trinajstić information content (AvgIpc) is 3.41. The highest BCUT2D eigenvalue weighted by Gasteiger charge is 2.26. The van der Waals surface area contributed by atoms with E-state index in [0.29, 0.717) is 69.5 Å². The van der Waals surface area contributed by atoms with Crippen LogP contribution in [-0.4, -0.2) is 42.9 Å². The number of amides is 2. The summed E-state index contributed by atoms with van der Waals surface area (Å²) in [6.07, 6.45) is 0. The van der Waals surface area contributed by atoms with Gasteiger partial charge < -0.3 is 19.5 Å². The number of piperazine rings is 1. The molecule has 38 heavy (non-hydrogen) atoms. The summed E-state index contributed by atoms with van der Waals surface area (Å²) in [7, 11) is 0. The van der Waals surface area contributed by atoms with E-state index >= 15 is 0 Å². The molecule has 1 fully saturated rings. The number of nitrogens with zero attached hydrogens (tertiary/aromatic N) is 2. The standard InChI is InChI=1S/C29H24Cl3N3O3/c1-18-8-10-19(11-9-18)29(37)35-16-14-34(15-17-35)27-22(31)6-3-7-23(27)33-28(36)25-13-12-24(38-25)20-4-2-5-21(30)26(20)32/h2-13H,14-17H2,1H3,(H,33,36). The van der Waals surface area contributed by atoms with E-state index in [1.54, 1.807) is 48.5 Å². The largest absolute Gasteiger partial charge is 0.451 e. The van der Waals surface area contributed by atoms with Crippen molar-refractivity contribution in [1.29, 1.82) is 0 Å². The van der Waals surface area contributed by atoms with Gasteiger partial charge in [-0.05, 0) is 55.5 Å². The highest BCUT2D eigenvalue weighted by molar-refractivity contribution is 6.43. The third-order valence-electron chi connectivity index (χ3n) is 6.46.